The summed E-state index contributed by atoms with van der Waals surface area (Å²) in [5, 5.41) is 0. The zero-order valence-electron chi connectivity index (χ0n) is 20.9. The Morgan fingerprint density at radius 2 is 1.18 bits per heavy atom. The lowest BCUT2D eigenvalue weighted by molar-refractivity contribution is 0.103. The number of carbonyl (C=O) groups excluding carboxylic acids is 1. The van der Waals surface area contributed by atoms with Gasteiger partial charge in [0, 0.05) is 5.56 Å². The van der Waals surface area contributed by atoms with Gasteiger partial charge in [-0.05, 0) is 71.3 Å². The van der Waals surface area contributed by atoms with Crippen LogP contribution >= 0.6 is 0 Å². The Kier molecular flexibility index (Phi) is 8.12. The molecule has 5 rings (SSSR count). The van der Waals surface area contributed by atoms with Crippen LogP contribution < -0.4 is 14.2 Å². The van der Waals surface area contributed by atoms with Crippen molar-refractivity contribution in [2.45, 2.75) is 19.8 Å². The van der Waals surface area contributed by atoms with Gasteiger partial charge in [-0.25, -0.2) is 0 Å². The molecule has 0 spiro atoms. The average molecular weight is 500 g/mol. The van der Waals surface area contributed by atoms with Crippen molar-refractivity contribution < 1.29 is 19.0 Å². The Hall–Kier alpha value is -4.83. The van der Waals surface area contributed by atoms with Crippen LogP contribution in [-0.2, 0) is 19.8 Å². The van der Waals surface area contributed by atoms with E-state index in [9.17, 15) is 4.79 Å². The van der Waals surface area contributed by atoms with Crippen molar-refractivity contribution in [3.63, 3.8) is 0 Å². The molecule has 0 heterocycles. The number of ketones is 1. The van der Waals surface area contributed by atoms with Crippen molar-refractivity contribution >= 4 is 5.78 Å². The molecule has 0 aromatic heterocycles. The fourth-order valence-electron chi connectivity index (χ4n) is 3.95. The lowest BCUT2D eigenvalue weighted by Gasteiger charge is -2.12. The van der Waals surface area contributed by atoms with E-state index in [1.165, 1.54) is 0 Å². The molecule has 0 aliphatic heterocycles. The van der Waals surface area contributed by atoms with Gasteiger partial charge in [-0.15, -0.1) is 0 Å². The molecule has 5 aromatic carbocycles. The first kappa shape index (κ1) is 24.8. The van der Waals surface area contributed by atoms with E-state index in [4.69, 9.17) is 14.2 Å². The lowest BCUT2D eigenvalue weighted by Crippen LogP contribution is -2.06. The fraction of sp³-hybridized carbons (Fsp3) is 0.0882. The van der Waals surface area contributed by atoms with Gasteiger partial charge < -0.3 is 14.2 Å². The van der Waals surface area contributed by atoms with E-state index in [0.717, 1.165) is 22.4 Å². The highest BCUT2D eigenvalue weighted by molar-refractivity contribution is 6.10. The molecule has 38 heavy (non-hydrogen) atoms. The molecule has 0 N–H and O–H groups in total. The second-order valence-corrected chi connectivity index (χ2v) is 8.76. The number of benzene rings is 5. The van der Waals surface area contributed by atoms with E-state index < -0.39 is 0 Å². The summed E-state index contributed by atoms with van der Waals surface area (Å²) >= 11 is 0. The summed E-state index contributed by atoms with van der Waals surface area (Å²) in [5.41, 5.74) is 4.21. The highest BCUT2D eigenvalue weighted by Gasteiger charge is 2.15. The minimum absolute atomic E-state index is 0.114. The third-order valence-corrected chi connectivity index (χ3v) is 5.98. The molecule has 5 aromatic rings. The first-order chi connectivity index (χ1) is 18.7. The topological polar surface area (TPSA) is 44.8 Å². The maximum atomic E-state index is 13.2. The first-order valence-electron chi connectivity index (χ1n) is 12.4. The van der Waals surface area contributed by atoms with Crippen LogP contribution in [0.3, 0.4) is 0 Å². The van der Waals surface area contributed by atoms with Gasteiger partial charge in [0.25, 0.3) is 0 Å². The summed E-state index contributed by atoms with van der Waals surface area (Å²) in [6, 6.07) is 43.1. The first-order valence-corrected chi connectivity index (χ1v) is 12.4. The van der Waals surface area contributed by atoms with Gasteiger partial charge in [0.05, 0.1) is 5.56 Å². The molecule has 1 radical (unpaired) electrons. The number of hydrogen-bond acceptors (Lipinski definition) is 4. The molecule has 0 amide bonds. The minimum atomic E-state index is -0.114. The van der Waals surface area contributed by atoms with Crippen molar-refractivity contribution in [3.8, 4) is 17.2 Å². The number of carbonyl (C=O) groups is 1. The van der Waals surface area contributed by atoms with Crippen LogP contribution in [0.2, 0.25) is 0 Å². The monoisotopic (exact) mass is 499 g/mol. The van der Waals surface area contributed by atoms with Gasteiger partial charge >= 0.3 is 0 Å². The van der Waals surface area contributed by atoms with E-state index in [0.29, 0.717) is 42.4 Å². The van der Waals surface area contributed by atoms with Crippen LogP contribution in [0.1, 0.15) is 32.6 Å². The summed E-state index contributed by atoms with van der Waals surface area (Å²) < 4.78 is 17.8. The van der Waals surface area contributed by atoms with Crippen LogP contribution in [0.4, 0.5) is 0 Å². The minimum Gasteiger partial charge on any atom is -0.489 e. The van der Waals surface area contributed by atoms with Gasteiger partial charge in [-0.2, -0.15) is 0 Å². The summed E-state index contributed by atoms with van der Waals surface area (Å²) in [6.07, 6.45) is 0. The lowest BCUT2D eigenvalue weighted by atomic mass is 10.0. The maximum Gasteiger partial charge on any atom is 0.196 e. The Balaban J connectivity index is 1.18. The molecule has 0 bridgehead atoms. The summed E-state index contributed by atoms with van der Waals surface area (Å²) in [6.45, 7) is 1.28. The van der Waals surface area contributed by atoms with Gasteiger partial charge in [-0.1, -0.05) is 78.9 Å². The van der Waals surface area contributed by atoms with Gasteiger partial charge in [0.2, 0.25) is 0 Å². The van der Waals surface area contributed by atoms with Crippen LogP contribution in [-0.4, -0.2) is 5.78 Å². The van der Waals surface area contributed by atoms with Crippen molar-refractivity contribution in [1.29, 1.82) is 0 Å². The zero-order valence-corrected chi connectivity index (χ0v) is 20.9. The van der Waals surface area contributed by atoms with E-state index in [1.54, 1.807) is 30.3 Å². The highest BCUT2D eigenvalue weighted by Crippen LogP contribution is 2.24. The number of ether oxygens (including phenoxy) is 3. The third kappa shape index (κ3) is 6.68. The third-order valence-electron chi connectivity index (χ3n) is 5.98. The molecular formula is C34H27O4. The van der Waals surface area contributed by atoms with E-state index in [2.05, 4.69) is 6.07 Å². The normalized spacial score (nSPS) is 10.5. The summed E-state index contributed by atoms with van der Waals surface area (Å²) in [4.78, 5) is 13.2. The molecule has 0 fully saturated rings. The Morgan fingerprint density at radius 1 is 0.579 bits per heavy atom. The fourth-order valence-corrected chi connectivity index (χ4v) is 3.95. The average Bonchev–Trinajstić information content (AvgIpc) is 2.99. The van der Waals surface area contributed by atoms with Crippen LogP contribution in [0.5, 0.6) is 17.2 Å². The molecule has 0 aliphatic rings. The molecule has 0 aliphatic carbocycles. The predicted octanol–water partition coefficient (Wildman–Crippen LogP) is 7.45. The quantitative estimate of drug-likeness (QED) is 0.177. The molecule has 4 heteroatoms. The Labute approximate surface area is 223 Å². The molecule has 4 nitrogen and oxygen atoms in total. The number of hydrogen-bond donors (Lipinski definition) is 0. The molecular weight excluding hydrogens is 472 g/mol. The second-order valence-electron chi connectivity index (χ2n) is 8.76. The number of rotatable bonds is 11. The van der Waals surface area contributed by atoms with Crippen molar-refractivity contribution in [3.05, 3.63) is 161 Å². The smallest absolute Gasteiger partial charge is 0.196 e. The van der Waals surface area contributed by atoms with Gasteiger partial charge in [0.15, 0.2) is 5.78 Å². The Bertz CT molecular complexity index is 1460. The predicted molar refractivity (Wildman–Crippen MR) is 147 cm³/mol. The molecule has 0 unspecified atom stereocenters. The highest BCUT2D eigenvalue weighted by atomic mass is 16.5. The van der Waals surface area contributed by atoms with Crippen molar-refractivity contribution in [1.82, 2.24) is 0 Å². The van der Waals surface area contributed by atoms with Crippen molar-refractivity contribution in [2.24, 2.45) is 0 Å². The molecule has 0 saturated heterocycles. The summed E-state index contributed by atoms with van der Waals surface area (Å²) in [7, 11) is 0. The molecule has 0 saturated carbocycles. The van der Waals surface area contributed by atoms with E-state index in [-0.39, 0.29) is 5.78 Å². The SMILES string of the molecule is O=C(c1ccc(OCc2cccc(OCc3ccccc3)c2)cc1)c1cc[c]cc1OCc1ccccc1. The maximum absolute atomic E-state index is 13.2. The van der Waals surface area contributed by atoms with E-state index >= 15 is 0 Å². The zero-order chi connectivity index (χ0) is 26.0. The van der Waals surface area contributed by atoms with Crippen LogP contribution in [0.15, 0.2) is 127 Å². The van der Waals surface area contributed by atoms with Gasteiger partial charge in [0.1, 0.15) is 37.1 Å². The standard InChI is InChI=1S/C34H27O4/c35-34(32-16-7-8-17-33(32)38-24-27-12-5-2-6-13-27)29-18-20-30(21-19-29)36-25-28-14-9-15-31(22-28)37-23-26-10-3-1-4-11-26/h1-7,9-22H,23-25H2. The molecule has 187 valence electrons. The van der Waals surface area contributed by atoms with Gasteiger partial charge in [-0.3, -0.25) is 4.79 Å². The largest absolute Gasteiger partial charge is 0.489 e. The summed E-state index contributed by atoms with van der Waals surface area (Å²) in [5.74, 6) is 1.87. The van der Waals surface area contributed by atoms with Crippen LogP contribution in [0.25, 0.3) is 0 Å². The molecule has 0 atom stereocenters. The van der Waals surface area contributed by atoms with Crippen molar-refractivity contribution in [2.75, 3.05) is 0 Å². The van der Waals surface area contributed by atoms with E-state index in [1.807, 2.05) is 97.1 Å². The van der Waals surface area contributed by atoms with Crippen LogP contribution in [0, 0.1) is 6.07 Å². The Morgan fingerprint density at radius 3 is 1.89 bits per heavy atom. The second kappa shape index (κ2) is 12.4.